The summed E-state index contributed by atoms with van der Waals surface area (Å²) in [4.78, 5) is 26.0. The topological polar surface area (TPSA) is 81.3 Å². The summed E-state index contributed by atoms with van der Waals surface area (Å²) < 4.78 is 0.898. The average Bonchev–Trinajstić information content (AvgIpc) is 2.93. The summed E-state index contributed by atoms with van der Waals surface area (Å²) >= 11 is 4.79. The van der Waals surface area contributed by atoms with Crippen LogP contribution in [-0.2, 0) is 0 Å². The highest BCUT2D eigenvalue weighted by Gasteiger charge is 2.15. The first-order chi connectivity index (χ1) is 18.0. The first kappa shape index (κ1) is 24.5. The summed E-state index contributed by atoms with van der Waals surface area (Å²) in [7, 11) is 0. The minimum atomic E-state index is -0.412. The van der Waals surface area contributed by atoms with Gasteiger partial charge in [-0.05, 0) is 42.1 Å². The molecule has 5 aromatic rings. The average molecular weight is 567 g/mol. The van der Waals surface area contributed by atoms with Gasteiger partial charge in [-0.15, -0.1) is 0 Å². The largest absolute Gasteiger partial charge is 0.270 e. The van der Waals surface area contributed by atoms with E-state index in [1.807, 2.05) is 91.0 Å². The number of non-ortho nitro benzene ring substituents is 1. The third-order valence-electron chi connectivity index (χ3n) is 5.41. The van der Waals surface area contributed by atoms with Crippen molar-refractivity contribution >= 4 is 45.3 Å². The van der Waals surface area contributed by atoms with Crippen LogP contribution in [0.5, 0.6) is 0 Å². The number of hydrogen-bond donors (Lipinski definition) is 0. The van der Waals surface area contributed by atoms with Gasteiger partial charge in [0.15, 0.2) is 5.16 Å². The third-order valence-corrected chi connectivity index (χ3v) is 6.86. The molecule has 0 aliphatic rings. The minimum Gasteiger partial charge on any atom is -0.258 e. The van der Waals surface area contributed by atoms with Crippen LogP contribution >= 0.6 is 27.7 Å². The quantitative estimate of drug-likeness (QED) is 0.0854. The van der Waals surface area contributed by atoms with Crippen molar-refractivity contribution in [1.82, 2.24) is 9.97 Å². The Bertz CT molecular complexity index is 1540. The number of benzene rings is 4. The van der Waals surface area contributed by atoms with Crippen molar-refractivity contribution in [2.24, 2.45) is 4.99 Å². The Labute approximate surface area is 226 Å². The van der Waals surface area contributed by atoms with Gasteiger partial charge in [-0.3, -0.25) is 15.1 Å². The smallest absolute Gasteiger partial charge is 0.258 e. The highest BCUT2D eigenvalue weighted by atomic mass is 79.9. The van der Waals surface area contributed by atoms with E-state index < -0.39 is 4.92 Å². The first-order valence-corrected chi connectivity index (χ1v) is 12.9. The highest BCUT2D eigenvalue weighted by Crippen LogP contribution is 2.33. The molecule has 0 amide bonds. The van der Waals surface area contributed by atoms with Crippen LogP contribution in [0, 0.1) is 10.1 Å². The Morgan fingerprint density at radius 3 is 2.03 bits per heavy atom. The predicted molar refractivity (Wildman–Crippen MR) is 152 cm³/mol. The first-order valence-electron chi connectivity index (χ1n) is 11.3. The Morgan fingerprint density at radius 2 is 1.43 bits per heavy atom. The monoisotopic (exact) mass is 566 g/mol. The minimum absolute atomic E-state index is 0.0102. The van der Waals surface area contributed by atoms with E-state index in [1.165, 1.54) is 23.9 Å². The molecule has 0 fully saturated rings. The van der Waals surface area contributed by atoms with Crippen molar-refractivity contribution in [1.29, 1.82) is 0 Å². The normalized spacial score (nSPS) is 11.1. The molecule has 0 unspecified atom stereocenters. The van der Waals surface area contributed by atoms with E-state index in [2.05, 4.69) is 20.9 Å². The zero-order valence-corrected chi connectivity index (χ0v) is 21.8. The lowest BCUT2D eigenvalue weighted by molar-refractivity contribution is -0.384. The molecule has 0 spiro atoms. The summed E-state index contributed by atoms with van der Waals surface area (Å²) in [5, 5.41) is 12.0. The van der Waals surface area contributed by atoms with Gasteiger partial charge in [0.25, 0.3) is 5.69 Å². The number of nitro groups is 1. The van der Waals surface area contributed by atoms with E-state index in [9.17, 15) is 10.1 Å². The SMILES string of the molecule is O=[N+]([O-])c1ccc(Sc2nc(-c3ccccc3)cc(-c3ccccc3)n2)c(C=Nc2cccc(Br)c2)c1. The summed E-state index contributed by atoms with van der Waals surface area (Å²) in [6, 6.07) is 34.1. The fourth-order valence-corrected chi connectivity index (χ4v) is 4.86. The van der Waals surface area contributed by atoms with Crippen LogP contribution in [-0.4, -0.2) is 21.1 Å². The Morgan fingerprint density at radius 1 is 0.784 bits per heavy atom. The molecule has 4 aromatic carbocycles. The molecule has 0 N–H and O–H groups in total. The molecular formula is C29H19BrN4O2S. The van der Waals surface area contributed by atoms with Crippen LogP contribution in [0.1, 0.15) is 5.56 Å². The van der Waals surface area contributed by atoms with Crippen LogP contribution in [0.4, 0.5) is 11.4 Å². The maximum absolute atomic E-state index is 11.5. The molecule has 5 rings (SSSR count). The third kappa shape index (κ3) is 6.17. The molecule has 0 radical (unpaired) electrons. The lowest BCUT2D eigenvalue weighted by Gasteiger charge is -2.10. The van der Waals surface area contributed by atoms with Gasteiger partial charge in [-0.2, -0.15) is 0 Å². The van der Waals surface area contributed by atoms with Crippen LogP contribution < -0.4 is 0 Å². The number of aromatic nitrogens is 2. The van der Waals surface area contributed by atoms with Gasteiger partial charge in [0.05, 0.1) is 22.0 Å². The van der Waals surface area contributed by atoms with Gasteiger partial charge >= 0.3 is 0 Å². The van der Waals surface area contributed by atoms with E-state index in [-0.39, 0.29) is 5.69 Å². The zero-order chi connectivity index (χ0) is 25.6. The molecular weight excluding hydrogens is 548 g/mol. The van der Waals surface area contributed by atoms with Gasteiger partial charge < -0.3 is 0 Å². The van der Waals surface area contributed by atoms with E-state index in [0.717, 1.165) is 37.6 Å². The van der Waals surface area contributed by atoms with Crippen molar-refractivity contribution in [3.05, 3.63) is 129 Å². The van der Waals surface area contributed by atoms with E-state index in [1.54, 1.807) is 12.3 Å². The zero-order valence-electron chi connectivity index (χ0n) is 19.4. The van der Waals surface area contributed by atoms with Gasteiger partial charge in [-0.1, -0.05) is 82.7 Å². The molecule has 0 saturated heterocycles. The summed E-state index contributed by atoms with van der Waals surface area (Å²) in [6.07, 6.45) is 1.64. The molecule has 1 heterocycles. The molecule has 0 atom stereocenters. The Kier molecular flexibility index (Phi) is 7.49. The van der Waals surface area contributed by atoms with Gasteiger partial charge in [0, 0.05) is 44.4 Å². The van der Waals surface area contributed by atoms with E-state index in [0.29, 0.717) is 10.7 Å². The van der Waals surface area contributed by atoms with Crippen molar-refractivity contribution < 1.29 is 4.92 Å². The second kappa shape index (κ2) is 11.3. The van der Waals surface area contributed by atoms with E-state index in [4.69, 9.17) is 9.97 Å². The van der Waals surface area contributed by atoms with Crippen LogP contribution in [0.15, 0.2) is 129 Å². The molecule has 0 bridgehead atoms. The molecule has 0 saturated carbocycles. The van der Waals surface area contributed by atoms with Crippen molar-refractivity contribution in [3.8, 4) is 22.5 Å². The van der Waals surface area contributed by atoms with Gasteiger partial charge in [0.2, 0.25) is 0 Å². The number of aliphatic imine (C=N–C) groups is 1. The molecule has 6 nitrogen and oxygen atoms in total. The van der Waals surface area contributed by atoms with Crippen molar-refractivity contribution in [2.75, 3.05) is 0 Å². The number of nitro benzene ring substituents is 1. The maximum atomic E-state index is 11.5. The second-order valence-electron chi connectivity index (χ2n) is 7.97. The summed E-state index contributed by atoms with van der Waals surface area (Å²) in [5.74, 6) is 0. The molecule has 0 aliphatic carbocycles. The number of nitrogens with zero attached hydrogens (tertiary/aromatic N) is 4. The Balaban J connectivity index is 1.57. The van der Waals surface area contributed by atoms with Gasteiger partial charge in [0.1, 0.15) is 0 Å². The second-order valence-corrected chi connectivity index (χ2v) is 9.90. The fourth-order valence-electron chi connectivity index (χ4n) is 3.63. The standard InChI is InChI=1S/C29H19BrN4O2S/c30-23-12-7-13-24(17-23)31-19-22-16-25(34(35)36)14-15-28(22)37-29-32-26(20-8-3-1-4-9-20)18-27(33-29)21-10-5-2-6-11-21/h1-19H. The summed E-state index contributed by atoms with van der Waals surface area (Å²) in [5.41, 5.74) is 4.86. The maximum Gasteiger partial charge on any atom is 0.270 e. The summed E-state index contributed by atoms with van der Waals surface area (Å²) in [6.45, 7) is 0. The van der Waals surface area contributed by atoms with Crippen molar-refractivity contribution in [3.63, 3.8) is 0 Å². The Hall–Kier alpha value is -4.14. The lowest BCUT2D eigenvalue weighted by Crippen LogP contribution is -1.96. The molecule has 1 aromatic heterocycles. The number of halogens is 1. The van der Waals surface area contributed by atoms with E-state index >= 15 is 0 Å². The van der Waals surface area contributed by atoms with Crippen LogP contribution in [0.3, 0.4) is 0 Å². The molecule has 8 heteroatoms. The van der Waals surface area contributed by atoms with Crippen LogP contribution in [0.25, 0.3) is 22.5 Å². The van der Waals surface area contributed by atoms with Gasteiger partial charge in [-0.25, -0.2) is 9.97 Å². The predicted octanol–water partition coefficient (Wildman–Crippen LogP) is 8.38. The van der Waals surface area contributed by atoms with Crippen LogP contribution in [0.2, 0.25) is 0 Å². The fraction of sp³-hybridized carbons (Fsp3) is 0. The highest BCUT2D eigenvalue weighted by molar-refractivity contribution is 9.10. The molecule has 0 aliphatic heterocycles. The molecule has 37 heavy (non-hydrogen) atoms. The lowest BCUT2D eigenvalue weighted by atomic mass is 10.1. The number of hydrogen-bond acceptors (Lipinski definition) is 6. The number of rotatable bonds is 7. The van der Waals surface area contributed by atoms with Crippen molar-refractivity contribution in [2.45, 2.75) is 10.1 Å². The molecule has 180 valence electrons.